The first-order valence-corrected chi connectivity index (χ1v) is 10.4. The lowest BCUT2D eigenvalue weighted by Gasteiger charge is -2.21. The first-order valence-electron chi connectivity index (χ1n) is 10.0. The van der Waals surface area contributed by atoms with Crippen LogP contribution >= 0.6 is 11.6 Å². The van der Waals surface area contributed by atoms with Gasteiger partial charge >= 0.3 is 5.69 Å². The SMILES string of the molecule is CCc1cc2nc3c(=O)[nH]c(=O)nc-3n(CC(C)Cc3ccc(Cl)cc3)c2cc1C. The van der Waals surface area contributed by atoms with E-state index in [0.717, 1.165) is 29.4 Å². The van der Waals surface area contributed by atoms with Crippen molar-refractivity contribution in [1.29, 1.82) is 0 Å². The van der Waals surface area contributed by atoms with Gasteiger partial charge in [0.05, 0.1) is 11.0 Å². The molecule has 2 heterocycles. The van der Waals surface area contributed by atoms with Crippen LogP contribution in [0.2, 0.25) is 5.02 Å². The third-order valence-electron chi connectivity index (χ3n) is 5.44. The van der Waals surface area contributed by atoms with Crippen molar-refractivity contribution in [2.24, 2.45) is 5.92 Å². The normalized spacial score (nSPS) is 12.5. The standard InChI is InChI=1S/C23H23ClN4O2/c1-4-16-11-18-19(10-14(16)3)28(21-20(25-18)22(29)27-23(30)26-21)12-13(2)9-15-5-7-17(24)8-6-15/h5-8,10-11,13H,4,9,12H2,1-3H3,(H,27,29,30). The fourth-order valence-electron chi connectivity index (χ4n) is 3.95. The van der Waals surface area contributed by atoms with Gasteiger partial charge in [-0.1, -0.05) is 37.6 Å². The van der Waals surface area contributed by atoms with E-state index in [1.807, 2.05) is 34.9 Å². The molecular formula is C23H23ClN4O2. The molecule has 2 aliphatic heterocycles. The molecule has 7 heteroatoms. The highest BCUT2D eigenvalue weighted by Gasteiger charge is 2.20. The first-order chi connectivity index (χ1) is 14.4. The molecule has 0 aromatic heterocycles. The Morgan fingerprint density at radius 1 is 1.13 bits per heavy atom. The van der Waals surface area contributed by atoms with Gasteiger partial charge in [-0.15, -0.1) is 0 Å². The number of aromatic amines is 1. The molecule has 0 saturated heterocycles. The van der Waals surface area contributed by atoms with E-state index in [4.69, 9.17) is 11.6 Å². The van der Waals surface area contributed by atoms with Gasteiger partial charge < -0.3 is 4.57 Å². The molecule has 1 unspecified atom stereocenters. The molecule has 0 spiro atoms. The largest absolute Gasteiger partial charge is 0.349 e. The van der Waals surface area contributed by atoms with Crippen LogP contribution in [-0.4, -0.2) is 19.5 Å². The Balaban J connectivity index is 1.86. The number of aromatic nitrogens is 4. The summed E-state index contributed by atoms with van der Waals surface area (Å²) in [5, 5.41) is 0.709. The van der Waals surface area contributed by atoms with Crippen molar-refractivity contribution in [3.05, 3.63) is 78.9 Å². The molecular weight excluding hydrogens is 400 g/mol. The third-order valence-corrected chi connectivity index (χ3v) is 5.69. The molecule has 0 fully saturated rings. The van der Waals surface area contributed by atoms with Crippen LogP contribution in [0.1, 0.15) is 30.5 Å². The van der Waals surface area contributed by atoms with E-state index < -0.39 is 11.2 Å². The smallest absolute Gasteiger partial charge is 0.322 e. The third kappa shape index (κ3) is 3.87. The molecule has 6 nitrogen and oxygen atoms in total. The Morgan fingerprint density at radius 3 is 2.57 bits per heavy atom. The molecule has 1 atom stereocenters. The fraction of sp³-hybridized carbons (Fsp3) is 0.304. The molecule has 30 heavy (non-hydrogen) atoms. The molecule has 2 aliphatic rings. The predicted molar refractivity (Wildman–Crippen MR) is 119 cm³/mol. The van der Waals surface area contributed by atoms with Crippen molar-refractivity contribution in [3.8, 4) is 11.5 Å². The molecule has 0 saturated carbocycles. The van der Waals surface area contributed by atoms with Crippen LogP contribution in [0.15, 0.2) is 46.0 Å². The maximum Gasteiger partial charge on any atom is 0.349 e. The topological polar surface area (TPSA) is 80.6 Å². The Bertz CT molecular complexity index is 1310. The van der Waals surface area contributed by atoms with Gasteiger partial charge in [-0.05, 0) is 66.6 Å². The lowest BCUT2D eigenvalue weighted by Crippen LogP contribution is -2.29. The van der Waals surface area contributed by atoms with Crippen LogP contribution in [0.25, 0.3) is 22.6 Å². The number of nitrogens with zero attached hydrogens (tertiary/aromatic N) is 3. The van der Waals surface area contributed by atoms with E-state index in [0.29, 0.717) is 17.4 Å². The number of aryl methyl sites for hydroxylation is 2. The van der Waals surface area contributed by atoms with Gasteiger partial charge in [0.15, 0.2) is 11.5 Å². The summed E-state index contributed by atoms with van der Waals surface area (Å²) in [5.74, 6) is 0.551. The number of nitrogens with one attached hydrogen (secondary N) is 1. The number of halogens is 1. The van der Waals surface area contributed by atoms with Crippen LogP contribution in [0.5, 0.6) is 0 Å². The Hall–Kier alpha value is -2.99. The molecule has 0 radical (unpaired) electrons. The van der Waals surface area contributed by atoms with Crippen molar-refractivity contribution >= 4 is 22.6 Å². The minimum Gasteiger partial charge on any atom is -0.322 e. The van der Waals surface area contributed by atoms with Gasteiger partial charge in [0.2, 0.25) is 0 Å². The lowest BCUT2D eigenvalue weighted by atomic mass is 10.00. The second kappa shape index (κ2) is 8.03. The van der Waals surface area contributed by atoms with Gasteiger partial charge in [0.1, 0.15) is 0 Å². The Labute approximate surface area is 178 Å². The Morgan fingerprint density at radius 2 is 1.87 bits per heavy atom. The molecule has 0 amide bonds. The highest BCUT2D eigenvalue weighted by molar-refractivity contribution is 6.30. The zero-order valence-electron chi connectivity index (χ0n) is 17.2. The van der Waals surface area contributed by atoms with Crippen molar-refractivity contribution in [1.82, 2.24) is 19.5 Å². The van der Waals surface area contributed by atoms with E-state index in [-0.39, 0.29) is 11.6 Å². The second-order valence-corrected chi connectivity index (χ2v) is 8.26. The van der Waals surface area contributed by atoms with Crippen LogP contribution in [0.4, 0.5) is 0 Å². The number of hydrogen-bond acceptors (Lipinski definition) is 4. The summed E-state index contributed by atoms with van der Waals surface area (Å²) in [6.07, 6.45) is 1.71. The molecule has 2 aromatic rings. The number of fused-ring (bicyclic) bond motifs is 2. The highest BCUT2D eigenvalue weighted by Crippen LogP contribution is 2.26. The van der Waals surface area contributed by atoms with Crippen LogP contribution < -0.4 is 11.2 Å². The molecule has 4 rings (SSSR count). The second-order valence-electron chi connectivity index (χ2n) is 7.82. The summed E-state index contributed by atoms with van der Waals surface area (Å²) in [6, 6.07) is 11.9. The van der Waals surface area contributed by atoms with E-state index in [1.54, 1.807) is 0 Å². The van der Waals surface area contributed by atoms with Gasteiger partial charge in [-0.3, -0.25) is 9.78 Å². The van der Waals surface area contributed by atoms with E-state index >= 15 is 0 Å². The van der Waals surface area contributed by atoms with Crippen LogP contribution in [-0.2, 0) is 19.4 Å². The van der Waals surface area contributed by atoms with E-state index in [1.165, 1.54) is 11.1 Å². The predicted octanol–water partition coefficient (Wildman–Crippen LogP) is 3.99. The molecule has 2 aromatic carbocycles. The maximum absolute atomic E-state index is 12.4. The van der Waals surface area contributed by atoms with Gasteiger partial charge in [-0.2, -0.15) is 4.98 Å². The highest BCUT2D eigenvalue weighted by atomic mass is 35.5. The number of H-pyrrole nitrogens is 1. The summed E-state index contributed by atoms with van der Waals surface area (Å²) in [5.41, 5.74) is 4.13. The van der Waals surface area contributed by atoms with E-state index in [9.17, 15) is 9.59 Å². The molecule has 1 N–H and O–H groups in total. The minimum atomic E-state index is -0.658. The van der Waals surface area contributed by atoms with Crippen LogP contribution in [0, 0.1) is 12.8 Å². The summed E-state index contributed by atoms with van der Waals surface area (Å²) in [6.45, 7) is 6.89. The van der Waals surface area contributed by atoms with Crippen molar-refractivity contribution in [3.63, 3.8) is 0 Å². The summed E-state index contributed by atoms with van der Waals surface area (Å²) in [4.78, 5) is 35.3. The number of benzene rings is 2. The molecule has 0 aliphatic carbocycles. The zero-order chi connectivity index (χ0) is 21.4. The molecule has 154 valence electrons. The average Bonchev–Trinajstić information content (AvgIpc) is 2.70. The van der Waals surface area contributed by atoms with Gasteiger partial charge in [0, 0.05) is 11.6 Å². The fourth-order valence-corrected chi connectivity index (χ4v) is 4.08. The summed E-state index contributed by atoms with van der Waals surface area (Å²) >= 11 is 6.00. The lowest BCUT2D eigenvalue weighted by molar-refractivity contribution is 0.485. The van der Waals surface area contributed by atoms with E-state index in [2.05, 4.69) is 41.8 Å². The number of rotatable bonds is 5. The minimum absolute atomic E-state index is 0.187. The zero-order valence-corrected chi connectivity index (χ0v) is 18.0. The summed E-state index contributed by atoms with van der Waals surface area (Å²) in [7, 11) is 0. The monoisotopic (exact) mass is 422 g/mol. The van der Waals surface area contributed by atoms with Gasteiger partial charge in [-0.25, -0.2) is 9.78 Å². The van der Waals surface area contributed by atoms with Crippen LogP contribution in [0.3, 0.4) is 0 Å². The maximum atomic E-state index is 12.4. The summed E-state index contributed by atoms with van der Waals surface area (Å²) < 4.78 is 1.96. The molecule has 0 bridgehead atoms. The average molecular weight is 423 g/mol. The van der Waals surface area contributed by atoms with Crippen molar-refractivity contribution < 1.29 is 0 Å². The van der Waals surface area contributed by atoms with Crippen molar-refractivity contribution in [2.45, 2.75) is 40.2 Å². The Kier molecular flexibility index (Phi) is 5.43. The quantitative estimate of drug-likeness (QED) is 0.493. The first kappa shape index (κ1) is 20.3. The number of hydrogen-bond donors (Lipinski definition) is 1. The van der Waals surface area contributed by atoms with Gasteiger partial charge in [0.25, 0.3) is 5.56 Å². The van der Waals surface area contributed by atoms with Crippen molar-refractivity contribution in [2.75, 3.05) is 0 Å².